The van der Waals surface area contributed by atoms with E-state index in [1.807, 2.05) is 30.3 Å². The summed E-state index contributed by atoms with van der Waals surface area (Å²) in [6.07, 6.45) is 0.159. The van der Waals surface area contributed by atoms with Gasteiger partial charge in [-0.15, -0.1) is 0 Å². The normalized spacial score (nSPS) is 18.9. The lowest BCUT2D eigenvalue weighted by Crippen LogP contribution is -2.25. The van der Waals surface area contributed by atoms with Gasteiger partial charge in [-0.05, 0) is 0 Å². The van der Waals surface area contributed by atoms with Gasteiger partial charge in [0.25, 0.3) is 0 Å². The summed E-state index contributed by atoms with van der Waals surface area (Å²) in [5.74, 6) is -0.108. The molecule has 1 aromatic heterocycles. The Labute approximate surface area is 136 Å². The molecule has 1 unspecified atom stereocenters. The Hall–Kier alpha value is -1.51. The van der Waals surface area contributed by atoms with Gasteiger partial charge in [0.1, 0.15) is 0 Å². The third-order valence-corrected chi connectivity index (χ3v) is 5.30. The molecule has 1 aliphatic heterocycles. The number of benzene rings is 1. The van der Waals surface area contributed by atoms with Crippen LogP contribution in [0.25, 0.3) is 11.4 Å². The van der Waals surface area contributed by atoms with Crippen molar-refractivity contribution >= 4 is 42.3 Å². The van der Waals surface area contributed by atoms with Crippen molar-refractivity contribution in [2.75, 3.05) is 17.2 Å². The van der Waals surface area contributed by atoms with Gasteiger partial charge in [-0.25, -0.2) is 8.42 Å². The van der Waals surface area contributed by atoms with Crippen LogP contribution in [0, 0.1) is 5.92 Å². The molecule has 9 heteroatoms. The number of carbonyl (C=O) groups excluding carboxylic acids is 1. The number of amides is 1. The highest BCUT2D eigenvalue weighted by atomic mass is 35.7. The summed E-state index contributed by atoms with van der Waals surface area (Å²) in [6, 6.07) is 9.45. The zero-order chi connectivity index (χ0) is 15.7. The second-order valence-corrected chi connectivity index (χ2v) is 8.60. The van der Waals surface area contributed by atoms with Crippen LogP contribution in [0.1, 0.15) is 6.42 Å². The number of hydrogen-bond acceptors (Lipinski definition) is 6. The van der Waals surface area contributed by atoms with E-state index in [9.17, 15) is 13.2 Å². The summed E-state index contributed by atoms with van der Waals surface area (Å²) >= 11 is 1.13. The van der Waals surface area contributed by atoms with Crippen molar-refractivity contribution in [1.82, 2.24) is 9.36 Å². The minimum atomic E-state index is -3.61. The molecular weight excluding hydrogens is 346 g/mol. The Morgan fingerprint density at radius 3 is 2.73 bits per heavy atom. The Balaban J connectivity index is 1.78. The molecule has 1 amide bonds. The van der Waals surface area contributed by atoms with Crippen molar-refractivity contribution in [2.45, 2.75) is 6.42 Å². The first-order valence-electron chi connectivity index (χ1n) is 6.54. The molecule has 2 heterocycles. The lowest BCUT2D eigenvalue weighted by atomic mass is 10.1. The maximum Gasteiger partial charge on any atom is 0.232 e. The van der Waals surface area contributed by atoms with Gasteiger partial charge in [-0.1, -0.05) is 30.3 Å². The smallest absolute Gasteiger partial charge is 0.232 e. The lowest BCUT2D eigenvalue weighted by molar-refractivity contribution is -0.117. The molecule has 6 nitrogen and oxygen atoms in total. The van der Waals surface area contributed by atoms with Crippen LogP contribution in [0.15, 0.2) is 30.3 Å². The van der Waals surface area contributed by atoms with Gasteiger partial charge in [-0.2, -0.15) is 9.36 Å². The van der Waals surface area contributed by atoms with E-state index in [1.54, 1.807) is 0 Å². The zero-order valence-corrected chi connectivity index (χ0v) is 13.7. The van der Waals surface area contributed by atoms with Crippen LogP contribution < -0.4 is 4.90 Å². The Bertz CT molecular complexity index is 792. The summed E-state index contributed by atoms with van der Waals surface area (Å²) in [5.41, 5.74) is 0.872. The topological polar surface area (TPSA) is 80.2 Å². The van der Waals surface area contributed by atoms with Crippen molar-refractivity contribution in [3.8, 4) is 11.4 Å². The largest absolute Gasteiger partial charge is 0.287 e. The van der Waals surface area contributed by atoms with Crippen molar-refractivity contribution < 1.29 is 13.2 Å². The second-order valence-electron chi connectivity index (χ2n) is 5.05. The average Bonchev–Trinajstić information content (AvgIpc) is 3.05. The molecule has 0 N–H and O–H groups in total. The minimum Gasteiger partial charge on any atom is -0.287 e. The average molecular weight is 358 g/mol. The molecule has 0 saturated carbocycles. The molecule has 3 rings (SSSR count). The first kappa shape index (κ1) is 15.4. The summed E-state index contributed by atoms with van der Waals surface area (Å²) in [7, 11) is 1.64. The van der Waals surface area contributed by atoms with Crippen LogP contribution in [0.3, 0.4) is 0 Å². The highest BCUT2D eigenvalue weighted by Crippen LogP contribution is 2.30. The molecule has 1 aromatic carbocycles. The number of carbonyl (C=O) groups is 1. The van der Waals surface area contributed by atoms with Crippen molar-refractivity contribution in [1.29, 1.82) is 0 Å². The van der Waals surface area contributed by atoms with E-state index in [-0.39, 0.29) is 24.0 Å². The molecule has 1 aliphatic rings. The second kappa shape index (κ2) is 5.94. The zero-order valence-electron chi connectivity index (χ0n) is 11.3. The Morgan fingerprint density at radius 2 is 2.05 bits per heavy atom. The van der Waals surface area contributed by atoms with E-state index >= 15 is 0 Å². The number of halogens is 1. The predicted molar refractivity (Wildman–Crippen MR) is 85.4 cm³/mol. The van der Waals surface area contributed by atoms with Crippen molar-refractivity contribution in [3.05, 3.63) is 30.3 Å². The van der Waals surface area contributed by atoms with Gasteiger partial charge in [0.05, 0.1) is 5.75 Å². The van der Waals surface area contributed by atoms with E-state index in [0.29, 0.717) is 17.5 Å². The number of nitrogens with zero attached hydrogens (tertiary/aromatic N) is 3. The molecule has 22 heavy (non-hydrogen) atoms. The molecule has 0 bridgehead atoms. The third-order valence-electron chi connectivity index (χ3n) is 3.32. The highest BCUT2D eigenvalue weighted by molar-refractivity contribution is 8.13. The molecule has 1 saturated heterocycles. The summed E-state index contributed by atoms with van der Waals surface area (Å²) < 4.78 is 26.5. The quantitative estimate of drug-likeness (QED) is 0.783. The van der Waals surface area contributed by atoms with Gasteiger partial charge < -0.3 is 0 Å². The summed E-state index contributed by atoms with van der Waals surface area (Å²) in [6.45, 7) is 0.300. The fraction of sp³-hybridized carbons (Fsp3) is 0.308. The maximum absolute atomic E-state index is 12.0. The van der Waals surface area contributed by atoms with Crippen LogP contribution in [-0.4, -0.2) is 36.0 Å². The Morgan fingerprint density at radius 1 is 1.32 bits per heavy atom. The van der Waals surface area contributed by atoms with Crippen LogP contribution in [0.2, 0.25) is 0 Å². The number of aromatic nitrogens is 2. The van der Waals surface area contributed by atoms with Crippen molar-refractivity contribution in [2.24, 2.45) is 5.92 Å². The monoisotopic (exact) mass is 357 g/mol. The maximum atomic E-state index is 12.0. The summed E-state index contributed by atoms with van der Waals surface area (Å²) in [5, 5.41) is 0.485. The van der Waals surface area contributed by atoms with E-state index in [2.05, 4.69) is 9.36 Å². The standard InChI is InChI=1S/C13H12ClN3O3S2/c14-22(19,20)8-9-6-11(18)17(7-9)13-15-12(16-21-13)10-4-2-1-3-5-10/h1-5,9H,6-8H2. The van der Waals surface area contributed by atoms with E-state index in [0.717, 1.165) is 17.1 Å². The van der Waals surface area contributed by atoms with Gasteiger partial charge >= 0.3 is 0 Å². The van der Waals surface area contributed by atoms with Crippen LogP contribution >= 0.6 is 22.2 Å². The molecule has 0 aliphatic carbocycles. The molecule has 116 valence electrons. The van der Waals surface area contributed by atoms with Crippen LogP contribution in [0.5, 0.6) is 0 Å². The highest BCUT2D eigenvalue weighted by Gasteiger charge is 2.34. The fourth-order valence-corrected chi connectivity index (χ4v) is 4.43. The number of hydrogen-bond donors (Lipinski definition) is 0. The first-order chi connectivity index (χ1) is 10.4. The molecular formula is C13H12ClN3O3S2. The predicted octanol–water partition coefficient (Wildman–Crippen LogP) is 2.13. The molecule has 1 atom stereocenters. The van der Waals surface area contributed by atoms with Gasteiger partial charge in [-0.3, -0.25) is 9.69 Å². The minimum absolute atomic E-state index is 0.152. The van der Waals surface area contributed by atoms with Gasteiger partial charge in [0.15, 0.2) is 5.82 Å². The van der Waals surface area contributed by atoms with Crippen molar-refractivity contribution in [3.63, 3.8) is 0 Å². The fourth-order valence-electron chi connectivity index (χ4n) is 2.39. The van der Waals surface area contributed by atoms with E-state index in [4.69, 9.17) is 10.7 Å². The molecule has 0 spiro atoms. The van der Waals surface area contributed by atoms with Gasteiger partial charge in [0.2, 0.25) is 20.1 Å². The van der Waals surface area contributed by atoms with E-state index in [1.165, 1.54) is 4.90 Å². The van der Waals surface area contributed by atoms with E-state index < -0.39 is 9.05 Å². The van der Waals surface area contributed by atoms with Crippen LogP contribution in [-0.2, 0) is 13.8 Å². The Kier molecular flexibility index (Phi) is 4.16. The molecule has 2 aromatic rings. The molecule has 1 fully saturated rings. The third kappa shape index (κ3) is 3.45. The lowest BCUT2D eigenvalue weighted by Gasteiger charge is -2.11. The summed E-state index contributed by atoms with van der Waals surface area (Å²) in [4.78, 5) is 17.9. The first-order valence-corrected chi connectivity index (χ1v) is 9.79. The van der Waals surface area contributed by atoms with Crippen LogP contribution in [0.4, 0.5) is 5.13 Å². The molecule has 0 radical (unpaired) electrons. The number of anilines is 1. The SMILES string of the molecule is O=C1CC(CS(=O)(=O)Cl)CN1c1nc(-c2ccccc2)ns1. The van der Waals surface area contributed by atoms with Gasteiger partial charge in [0, 0.05) is 46.7 Å². The number of rotatable bonds is 4.